The summed E-state index contributed by atoms with van der Waals surface area (Å²) in [5, 5.41) is 11.2. The zero-order valence-electron chi connectivity index (χ0n) is 15.2. The van der Waals surface area contributed by atoms with Gasteiger partial charge in [0.05, 0.1) is 17.1 Å². The summed E-state index contributed by atoms with van der Waals surface area (Å²) in [7, 11) is 0. The van der Waals surface area contributed by atoms with E-state index in [1.807, 2.05) is 31.2 Å². The Kier molecular flexibility index (Phi) is 6.20. The van der Waals surface area contributed by atoms with Gasteiger partial charge < -0.3 is 14.5 Å². The standard InChI is InChI=1S/C20H25N3O3/c1-2-26-19-9-7-17(8-10-19)15-21-11-13-22(14-12-21)16-18-5-3-4-6-20(18)23(24)25/h3-10H,2,11-16H2,1H3/p+2. The third-order valence-electron chi connectivity index (χ3n) is 4.98. The molecule has 1 heterocycles. The Morgan fingerprint density at radius 2 is 1.58 bits per heavy atom. The van der Waals surface area contributed by atoms with Crippen molar-refractivity contribution < 1.29 is 19.5 Å². The molecule has 0 unspecified atom stereocenters. The van der Waals surface area contributed by atoms with Crippen LogP contribution in [-0.4, -0.2) is 37.7 Å². The maximum atomic E-state index is 11.2. The Balaban J connectivity index is 1.51. The van der Waals surface area contributed by atoms with Gasteiger partial charge in [-0.15, -0.1) is 0 Å². The topological polar surface area (TPSA) is 61.2 Å². The molecule has 3 rings (SSSR count). The number of nitrogens with one attached hydrogen (secondary N) is 2. The molecule has 0 atom stereocenters. The van der Waals surface area contributed by atoms with Crippen LogP contribution in [0.4, 0.5) is 5.69 Å². The van der Waals surface area contributed by atoms with Gasteiger partial charge in [0, 0.05) is 11.6 Å². The normalized spacial score (nSPS) is 19.9. The number of hydrogen-bond donors (Lipinski definition) is 2. The highest BCUT2D eigenvalue weighted by Crippen LogP contribution is 2.16. The molecule has 0 radical (unpaired) electrons. The van der Waals surface area contributed by atoms with Crippen LogP contribution in [0.1, 0.15) is 18.1 Å². The molecule has 0 spiro atoms. The van der Waals surface area contributed by atoms with Crippen molar-refractivity contribution in [2.75, 3.05) is 32.8 Å². The molecule has 1 aliphatic heterocycles. The summed E-state index contributed by atoms with van der Waals surface area (Å²) in [5.41, 5.74) is 2.40. The quantitative estimate of drug-likeness (QED) is 0.560. The predicted molar refractivity (Wildman–Crippen MR) is 99.5 cm³/mol. The van der Waals surface area contributed by atoms with Crippen molar-refractivity contribution in [2.45, 2.75) is 20.0 Å². The van der Waals surface area contributed by atoms with E-state index in [2.05, 4.69) is 12.1 Å². The van der Waals surface area contributed by atoms with Crippen molar-refractivity contribution in [1.29, 1.82) is 0 Å². The van der Waals surface area contributed by atoms with Gasteiger partial charge in [-0.3, -0.25) is 10.1 Å². The van der Waals surface area contributed by atoms with E-state index in [4.69, 9.17) is 4.74 Å². The van der Waals surface area contributed by atoms with Crippen molar-refractivity contribution >= 4 is 5.69 Å². The van der Waals surface area contributed by atoms with Crippen LogP contribution in [0.2, 0.25) is 0 Å². The molecule has 26 heavy (non-hydrogen) atoms. The largest absolute Gasteiger partial charge is 0.494 e. The molecule has 2 aromatic carbocycles. The number of nitro groups is 1. The van der Waals surface area contributed by atoms with E-state index in [1.165, 1.54) is 10.5 Å². The summed E-state index contributed by atoms with van der Waals surface area (Å²) in [6.07, 6.45) is 0. The minimum Gasteiger partial charge on any atom is -0.494 e. The molecule has 1 aliphatic rings. The lowest BCUT2D eigenvalue weighted by Crippen LogP contribution is -3.27. The van der Waals surface area contributed by atoms with E-state index in [9.17, 15) is 10.1 Å². The van der Waals surface area contributed by atoms with E-state index >= 15 is 0 Å². The van der Waals surface area contributed by atoms with Crippen molar-refractivity contribution in [3.05, 3.63) is 69.8 Å². The maximum Gasteiger partial charge on any atom is 0.278 e. The zero-order valence-corrected chi connectivity index (χ0v) is 15.2. The minimum atomic E-state index is -0.276. The van der Waals surface area contributed by atoms with Crippen LogP contribution in [-0.2, 0) is 13.1 Å². The van der Waals surface area contributed by atoms with Gasteiger partial charge in [0.1, 0.15) is 45.0 Å². The molecule has 0 amide bonds. The highest BCUT2D eigenvalue weighted by Gasteiger charge is 2.25. The predicted octanol–water partition coefficient (Wildman–Crippen LogP) is 0.477. The van der Waals surface area contributed by atoms with Crippen molar-refractivity contribution in [3.63, 3.8) is 0 Å². The van der Waals surface area contributed by atoms with E-state index < -0.39 is 0 Å². The van der Waals surface area contributed by atoms with Gasteiger partial charge in [0.2, 0.25) is 0 Å². The van der Waals surface area contributed by atoms with Crippen LogP contribution in [0, 0.1) is 10.1 Å². The maximum absolute atomic E-state index is 11.2. The Bertz CT molecular complexity index is 725. The number of nitro benzene ring substituents is 1. The van der Waals surface area contributed by atoms with Gasteiger partial charge in [0.25, 0.3) is 5.69 Å². The number of piperazine rings is 1. The first-order valence-corrected chi connectivity index (χ1v) is 9.27. The third kappa shape index (κ3) is 4.80. The van der Waals surface area contributed by atoms with Gasteiger partial charge in [-0.25, -0.2) is 0 Å². The second kappa shape index (κ2) is 8.78. The van der Waals surface area contributed by atoms with Gasteiger partial charge in [-0.05, 0) is 37.3 Å². The fourth-order valence-electron chi connectivity index (χ4n) is 3.58. The Morgan fingerprint density at radius 3 is 2.19 bits per heavy atom. The molecule has 2 aromatic rings. The molecule has 0 bridgehead atoms. The lowest BCUT2D eigenvalue weighted by atomic mass is 10.1. The van der Waals surface area contributed by atoms with Crippen LogP contribution < -0.4 is 14.5 Å². The first-order valence-electron chi connectivity index (χ1n) is 9.27. The Labute approximate surface area is 154 Å². The summed E-state index contributed by atoms with van der Waals surface area (Å²) in [4.78, 5) is 13.9. The van der Waals surface area contributed by atoms with Crippen LogP contribution in [0.25, 0.3) is 0 Å². The monoisotopic (exact) mass is 357 g/mol. The Morgan fingerprint density at radius 1 is 0.962 bits per heavy atom. The molecular weight excluding hydrogens is 330 g/mol. The van der Waals surface area contributed by atoms with Crippen molar-refractivity contribution in [2.24, 2.45) is 0 Å². The summed E-state index contributed by atoms with van der Waals surface area (Å²) >= 11 is 0. The molecule has 138 valence electrons. The van der Waals surface area contributed by atoms with E-state index in [0.29, 0.717) is 6.61 Å². The van der Waals surface area contributed by atoms with Crippen LogP contribution in [0.5, 0.6) is 5.75 Å². The zero-order chi connectivity index (χ0) is 18.4. The fraction of sp³-hybridized carbons (Fsp3) is 0.400. The molecule has 0 aliphatic carbocycles. The number of quaternary nitrogens is 2. The molecule has 6 nitrogen and oxygen atoms in total. The SMILES string of the molecule is CCOc1ccc(C[NH+]2CC[NH+](Cc3ccccc3[N+](=O)[O-])CC2)cc1. The minimum absolute atomic E-state index is 0.240. The van der Waals surface area contributed by atoms with E-state index in [-0.39, 0.29) is 10.6 Å². The average molecular weight is 357 g/mol. The summed E-state index contributed by atoms with van der Waals surface area (Å²) < 4.78 is 5.49. The molecule has 1 fully saturated rings. The summed E-state index contributed by atoms with van der Waals surface area (Å²) in [6.45, 7) is 8.68. The number of ether oxygens (including phenoxy) is 1. The molecular formula is C20H27N3O3+2. The van der Waals surface area contributed by atoms with E-state index in [1.54, 1.807) is 17.0 Å². The van der Waals surface area contributed by atoms with Gasteiger partial charge >= 0.3 is 0 Å². The van der Waals surface area contributed by atoms with Crippen LogP contribution in [0.3, 0.4) is 0 Å². The van der Waals surface area contributed by atoms with Crippen LogP contribution in [0.15, 0.2) is 48.5 Å². The first kappa shape index (κ1) is 18.4. The van der Waals surface area contributed by atoms with Crippen molar-refractivity contribution in [3.8, 4) is 5.75 Å². The summed E-state index contributed by atoms with van der Waals surface area (Å²) in [6, 6.07) is 15.5. The Hall–Kier alpha value is -2.44. The van der Waals surface area contributed by atoms with Gasteiger partial charge in [-0.2, -0.15) is 0 Å². The molecule has 2 N–H and O–H groups in total. The molecule has 0 aromatic heterocycles. The van der Waals surface area contributed by atoms with Crippen LogP contribution >= 0.6 is 0 Å². The highest BCUT2D eigenvalue weighted by molar-refractivity contribution is 5.39. The van der Waals surface area contributed by atoms with E-state index in [0.717, 1.165) is 50.6 Å². The van der Waals surface area contributed by atoms with Gasteiger partial charge in [-0.1, -0.05) is 12.1 Å². The summed E-state index contributed by atoms with van der Waals surface area (Å²) in [5.74, 6) is 0.921. The lowest BCUT2D eigenvalue weighted by Gasteiger charge is -2.29. The molecule has 0 saturated carbocycles. The smallest absolute Gasteiger partial charge is 0.278 e. The van der Waals surface area contributed by atoms with Gasteiger partial charge in [0.15, 0.2) is 0 Å². The fourth-order valence-corrected chi connectivity index (χ4v) is 3.58. The highest BCUT2D eigenvalue weighted by atomic mass is 16.6. The van der Waals surface area contributed by atoms with Crippen molar-refractivity contribution in [1.82, 2.24) is 0 Å². The molecule has 1 saturated heterocycles. The lowest BCUT2D eigenvalue weighted by molar-refractivity contribution is -1.02. The number of benzene rings is 2. The second-order valence-electron chi connectivity index (χ2n) is 6.82. The number of para-hydroxylation sites is 1. The molecule has 6 heteroatoms. The second-order valence-corrected chi connectivity index (χ2v) is 6.82. The third-order valence-corrected chi connectivity index (χ3v) is 4.98. The number of hydrogen-bond acceptors (Lipinski definition) is 3. The first-order chi connectivity index (χ1) is 12.7. The number of nitrogens with zero attached hydrogens (tertiary/aromatic N) is 1. The number of rotatable bonds is 7. The average Bonchev–Trinajstić information content (AvgIpc) is 2.65.